The number of amides is 1. The molecule has 0 saturated carbocycles. The minimum Gasteiger partial charge on any atom is -0.479 e. The molecule has 1 aromatic heterocycles. The first-order valence-corrected chi connectivity index (χ1v) is 7.02. The summed E-state index contributed by atoms with van der Waals surface area (Å²) in [6.45, 7) is 0.0963. The number of likely N-dealkylation sites (N-methyl/N-ethyl adjacent to an activating group) is 1. The third-order valence-corrected chi connectivity index (χ3v) is 3.66. The fourth-order valence-corrected chi connectivity index (χ4v) is 2.52. The van der Waals surface area contributed by atoms with Gasteiger partial charge in [-0.15, -0.1) is 11.3 Å². The quantitative estimate of drug-likeness (QED) is 0.918. The molecule has 2 rings (SSSR count). The third-order valence-electron chi connectivity index (χ3n) is 2.84. The molecular formula is C14H14N2O4S. The largest absolute Gasteiger partial charge is 0.479 e. The Morgan fingerprint density at radius 1 is 1.38 bits per heavy atom. The number of rotatable bonds is 5. The van der Waals surface area contributed by atoms with Gasteiger partial charge in [-0.1, -0.05) is 30.3 Å². The number of thiazole rings is 1. The Bertz CT molecular complexity index is 601. The molecule has 0 aliphatic carbocycles. The summed E-state index contributed by atoms with van der Waals surface area (Å²) in [5.41, 5.74) is 2.36. The van der Waals surface area contributed by atoms with Crippen molar-refractivity contribution in [1.82, 2.24) is 9.88 Å². The van der Waals surface area contributed by atoms with Crippen molar-refractivity contribution in [3.05, 3.63) is 52.5 Å². The lowest BCUT2D eigenvalue weighted by molar-refractivity contribution is -0.142. The van der Waals surface area contributed by atoms with Crippen molar-refractivity contribution in [2.24, 2.45) is 0 Å². The Hall–Kier alpha value is -2.41. The van der Waals surface area contributed by atoms with Crippen molar-refractivity contribution >= 4 is 23.4 Å². The van der Waals surface area contributed by atoms with Gasteiger partial charge in [-0.2, -0.15) is 0 Å². The normalized spacial score (nSPS) is 11.7. The van der Waals surface area contributed by atoms with Crippen molar-refractivity contribution in [2.45, 2.75) is 12.6 Å². The summed E-state index contributed by atoms with van der Waals surface area (Å²) in [5, 5.41) is 9.28. The average Bonchev–Trinajstić information content (AvgIpc) is 2.99. The molecule has 0 radical (unpaired) electrons. The van der Waals surface area contributed by atoms with Crippen LogP contribution in [-0.2, 0) is 16.1 Å². The lowest BCUT2D eigenvalue weighted by atomic mass is 10.2. The highest BCUT2D eigenvalue weighted by Crippen LogP contribution is 2.23. The van der Waals surface area contributed by atoms with Crippen molar-refractivity contribution < 1.29 is 19.4 Å². The van der Waals surface area contributed by atoms with Gasteiger partial charge in [-0.3, -0.25) is 9.88 Å². The van der Waals surface area contributed by atoms with Crippen molar-refractivity contribution in [2.75, 3.05) is 7.05 Å². The van der Waals surface area contributed by atoms with Gasteiger partial charge >= 0.3 is 12.1 Å². The standard InChI is InChI=1S/C14H14N2O4S/c1-16(12(13(17)18)11-7-15-9-21-11)14(19)20-8-10-5-3-2-4-6-10/h2-7,9,12H,8H2,1H3,(H,17,18). The van der Waals surface area contributed by atoms with E-state index in [1.54, 1.807) is 0 Å². The zero-order valence-corrected chi connectivity index (χ0v) is 12.1. The second-order valence-electron chi connectivity index (χ2n) is 4.30. The lowest BCUT2D eigenvalue weighted by Gasteiger charge is -2.23. The Balaban J connectivity index is 2.02. The fourth-order valence-electron chi connectivity index (χ4n) is 1.77. The number of aromatic nitrogens is 1. The minimum absolute atomic E-state index is 0.0963. The van der Waals surface area contributed by atoms with Gasteiger partial charge in [0.15, 0.2) is 6.04 Å². The number of hydrogen-bond acceptors (Lipinski definition) is 5. The summed E-state index contributed by atoms with van der Waals surface area (Å²) in [6.07, 6.45) is 0.740. The first-order chi connectivity index (χ1) is 10.1. The predicted octanol–water partition coefficient (Wildman–Crippen LogP) is 2.54. The van der Waals surface area contributed by atoms with E-state index in [4.69, 9.17) is 4.74 Å². The van der Waals surface area contributed by atoms with E-state index in [0.717, 1.165) is 10.5 Å². The molecule has 110 valence electrons. The van der Waals surface area contributed by atoms with Crippen LogP contribution in [0.15, 0.2) is 42.0 Å². The van der Waals surface area contributed by atoms with Gasteiger partial charge < -0.3 is 9.84 Å². The summed E-state index contributed by atoms with van der Waals surface area (Å²) in [6, 6.07) is 8.09. The highest BCUT2D eigenvalue weighted by Gasteiger charge is 2.30. The predicted molar refractivity (Wildman–Crippen MR) is 76.9 cm³/mol. The molecule has 1 aromatic carbocycles. The molecule has 21 heavy (non-hydrogen) atoms. The van der Waals surface area contributed by atoms with Gasteiger partial charge in [0.25, 0.3) is 0 Å². The van der Waals surface area contributed by atoms with Gasteiger partial charge in [0.1, 0.15) is 6.61 Å². The molecule has 1 heterocycles. The molecule has 1 atom stereocenters. The van der Waals surface area contributed by atoms with Crippen LogP contribution >= 0.6 is 11.3 Å². The van der Waals surface area contributed by atoms with E-state index >= 15 is 0 Å². The Morgan fingerprint density at radius 2 is 2.10 bits per heavy atom. The molecule has 0 aliphatic heterocycles. The van der Waals surface area contributed by atoms with Crippen LogP contribution in [0.4, 0.5) is 4.79 Å². The van der Waals surface area contributed by atoms with E-state index in [1.807, 2.05) is 30.3 Å². The molecule has 0 saturated heterocycles. The van der Waals surface area contributed by atoms with Gasteiger partial charge in [-0.25, -0.2) is 9.59 Å². The molecule has 1 unspecified atom stereocenters. The maximum absolute atomic E-state index is 12.0. The molecule has 0 aliphatic rings. The maximum Gasteiger partial charge on any atom is 0.410 e. The number of benzene rings is 1. The number of carbonyl (C=O) groups is 2. The summed E-state index contributed by atoms with van der Waals surface area (Å²) in [4.78, 5) is 28.7. The number of carboxylic acid groups (broad SMARTS) is 1. The third kappa shape index (κ3) is 3.79. The van der Waals surface area contributed by atoms with E-state index in [2.05, 4.69) is 4.98 Å². The first kappa shape index (κ1) is 15.0. The fraction of sp³-hybridized carbons (Fsp3) is 0.214. The topological polar surface area (TPSA) is 79.7 Å². The van der Waals surface area contributed by atoms with Crippen molar-refractivity contribution in [1.29, 1.82) is 0 Å². The minimum atomic E-state index is -1.13. The van der Waals surface area contributed by atoms with E-state index in [9.17, 15) is 14.7 Å². The van der Waals surface area contributed by atoms with Crippen LogP contribution in [0.25, 0.3) is 0 Å². The van der Waals surface area contributed by atoms with Crippen LogP contribution in [0, 0.1) is 0 Å². The van der Waals surface area contributed by atoms with Gasteiger partial charge in [0, 0.05) is 13.2 Å². The number of nitrogens with zero attached hydrogens (tertiary/aromatic N) is 2. The molecule has 1 N–H and O–H groups in total. The number of carbonyl (C=O) groups excluding carboxylic acids is 1. The van der Waals surface area contributed by atoms with Crippen LogP contribution in [-0.4, -0.2) is 34.1 Å². The molecule has 0 spiro atoms. The lowest BCUT2D eigenvalue weighted by Crippen LogP contribution is -2.35. The molecular weight excluding hydrogens is 292 g/mol. The Kier molecular flexibility index (Phi) is 4.89. The average molecular weight is 306 g/mol. The second kappa shape index (κ2) is 6.85. The van der Waals surface area contributed by atoms with E-state index < -0.39 is 18.1 Å². The van der Waals surface area contributed by atoms with Gasteiger partial charge in [0.05, 0.1) is 10.4 Å². The monoisotopic (exact) mass is 306 g/mol. The van der Waals surface area contributed by atoms with Crippen LogP contribution < -0.4 is 0 Å². The van der Waals surface area contributed by atoms with Crippen LogP contribution in [0.1, 0.15) is 16.5 Å². The summed E-state index contributed by atoms with van der Waals surface area (Å²) in [7, 11) is 1.39. The Morgan fingerprint density at radius 3 is 2.67 bits per heavy atom. The van der Waals surface area contributed by atoms with E-state index in [1.165, 1.54) is 30.1 Å². The number of carboxylic acids is 1. The SMILES string of the molecule is CN(C(=O)OCc1ccccc1)C(C(=O)O)c1cncs1. The zero-order valence-electron chi connectivity index (χ0n) is 11.3. The second-order valence-corrected chi connectivity index (χ2v) is 5.21. The highest BCUT2D eigenvalue weighted by molar-refractivity contribution is 7.09. The number of aliphatic carboxylic acids is 1. The van der Waals surface area contributed by atoms with E-state index in [-0.39, 0.29) is 6.61 Å². The molecule has 1 amide bonds. The van der Waals surface area contributed by atoms with Crippen LogP contribution in [0.2, 0.25) is 0 Å². The zero-order chi connectivity index (χ0) is 15.2. The summed E-state index contributed by atoms with van der Waals surface area (Å²) < 4.78 is 5.13. The first-order valence-electron chi connectivity index (χ1n) is 6.14. The maximum atomic E-state index is 12.0. The van der Waals surface area contributed by atoms with Crippen LogP contribution in [0.3, 0.4) is 0 Å². The van der Waals surface area contributed by atoms with Crippen LogP contribution in [0.5, 0.6) is 0 Å². The van der Waals surface area contributed by atoms with Crippen molar-refractivity contribution in [3.8, 4) is 0 Å². The molecule has 6 nitrogen and oxygen atoms in total. The van der Waals surface area contributed by atoms with Crippen molar-refractivity contribution in [3.63, 3.8) is 0 Å². The molecule has 0 bridgehead atoms. The summed E-state index contributed by atoms with van der Waals surface area (Å²) in [5.74, 6) is -1.13. The smallest absolute Gasteiger partial charge is 0.410 e. The Labute approximate surface area is 125 Å². The summed E-state index contributed by atoms with van der Waals surface area (Å²) >= 11 is 1.18. The molecule has 2 aromatic rings. The molecule has 0 fully saturated rings. The number of ether oxygens (including phenoxy) is 1. The van der Waals surface area contributed by atoms with Gasteiger partial charge in [-0.05, 0) is 5.56 Å². The molecule has 7 heteroatoms. The highest BCUT2D eigenvalue weighted by atomic mass is 32.1. The number of hydrogen-bond donors (Lipinski definition) is 1. The van der Waals surface area contributed by atoms with E-state index in [0.29, 0.717) is 4.88 Å². The van der Waals surface area contributed by atoms with Gasteiger partial charge in [0.2, 0.25) is 0 Å².